The SMILES string of the molecule is CN(CCc1ccccc1)[C@@H]1CCCN(C(=O)CN2C(=O)CSC2=S)C1. The molecule has 0 N–H and O–H groups in total. The number of hydrogen-bond donors (Lipinski definition) is 0. The monoisotopic (exact) mass is 391 g/mol. The minimum atomic E-state index is -0.0538. The van der Waals surface area contributed by atoms with Crippen LogP contribution in [0.15, 0.2) is 30.3 Å². The zero-order valence-electron chi connectivity index (χ0n) is 15.1. The van der Waals surface area contributed by atoms with Gasteiger partial charge >= 0.3 is 0 Å². The minimum absolute atomic E-state index is 0.00404. The second-order valence-electron chi connectivity index (χ2n) is 6.89. The van der Waals surface area contributed by atoms with Gasteiger partial charge in [-0.05, 0) is 31.9 Å². The molecule has 0 saturated carbocycles. The van der Waals surface area contributed by atoms with Gasteiger partial charge in [0.25, 0.3) is 0 Å². The maximum absolute atomic E-state index is 12.6. The molecule has 0 aliphatic carbocycles. The van der Waals surface area contributed by atoms with Crippen molar-refractivity contribution in [1.82, 2.24) is 14.7 Å². The van der Waals surface area contributed by atoms with Crippen molar-refractivity contribution in [2.75, 3.05) is 39.0 Å². The van der Waals surface area contributed by atoms with Crippen LogP contribution in [0.2, 0.25) is 0 Å². The van der Waals surface area contributed by atoms with Crippen molar-refractivity contribution in [3.63, 3.8) is 0 Å². The fourth-order valence-corrected chi connectivity index (χ4v) is 4.51. The summed E-state index contributed by atoms with van der Waals surface area (Å²) in [4.78, 5) is 30.2. The summed E-state index contributed by atoms with van der Waals surface area (Å²) in [5, 5.41) is 0. The lowest BCUT2D eigenvalue weighted by molar-refractivity contribution is -0.137. The number of nitrogens with zero attached hydrogens (tertiary/aromatic N) is 3. The van der Waals surface area contributed by atoms with E-state index in [4.69, 9.17) is 12.2 Å². The van der Waals surface area contributed by atoms with Crippen molar-refractivity contribution in [3.05, 3.63) is 35.9 Å². The Bertz CT molecular complexity index is 652. The fourth-order valence-electron chi connectivity index (χ4n) is 3.44. The molecule has 2 aliphatic heterocycles. The summed E-state index contributed by atoms with van der Waals surface area (Å²) in [6.07, 6.45) is 3.11. The van der Waals surface area contributed by atoms with E-state index in [-0.39, 0.29) is 18.4 Å². The molecule has 1 atom stereocenters. The number of thiocarbonyl (C=S) groups is 1. The number of thioether (sulfide) groups is 1. The number of likely N-dealkylation sites (N-methyl/N-ethyl adjacent to an activating group) is 1. The van der Waals surface area contributed by atoms with Crippen molar-refractivity contribution >= 4 is 40.1 Å². The number of amides is 2. The second-order valence-corrected chi connectivity index (χ2v) is 8.50. The van der Waals surface area contributed by atoms with Gasteiger partial charge in [-0.25, -0.2) is 0 Å². The topological polar surface area (TPSA) is 43.9 Å². The molecule has 2 aliphatic rings. The normalized spacial score (nSPS) is 20.9. The molecular formula is C19H25N3O2S2. The lowest BCUT2D eigenvalue weighted by Gasteiger charge is -2.38. The van der Waals surface area contributed by atoms with Gasteiger partial charge in [-0.15, -0.1) is 0 Å². The highest BCUT2D eigenvalue weighted by Crippen LogP contribution is 2.20. The lowest BCUT2D eigenvalue weighted by Crippen LogP contribution is -2.51. The summed E-state index contributed by atoms with van der Waals surface area (Å²) in [7, 11) is 2.14. The zero-order valence-corrected chi connectivity index (χ0v) is 16.7. The van der Waals surface area contributed by atoms with Crippen LogP contribution in [-0.4, -0.2) is 75.9 Å². The van der Waals surface area contributed by atoms with Gasteiger partial charge in [0.15, 0.2) is 0 Å². The highest BCUT2D eigenvalue weighted by Gasteiger charge is 2.32. The molecule has 26 heavy (non-hydrogen) atoms. The predicted octanol–water partition coefficient (Wildman–Crippen LogP) is 2.01. The van der Waals surface area contributed by atoms with E-state index in [9.17, 15) is 9.59 Å². The van der Waals surface area contributed by atoms with Gasteiger partial charge < -0.3 is 9.80 Å². The molecule has 1 aromatic carbocycles. The van der Waals surface area contributed by atoms with Gasteiger partial charge in [0.1, 0.15) is 10.9 Å². The lowest BCUT2D eigenvalue weighted by atomic mass is 10.0. The fraction of sp³-hybridized carbons (Fsp3) is 0.526. The molecule has 2 fully saturated rings. The average Bonchev–Trinajstić information content (AvgIpc) is 2.99. The van der Waals surface area contributed by atoms with Crippen LogP contribution in [-0.2, 0) is 16.0 Å². The third kappa shape index (κ3) is 4.84. The largest absolute Gasteiger partial charge is 0.340 e. The van der Waals surface area contributed by atoms with Gasteiger partial charge in [-0.3, -0.25) is 14.5 Å². The summed E-state index contributed by atoms with van der Waals surface area (Å²) in [6.45, 7) is 2.56. The summed E-state index contributed by atoms with van der Waals surface area (Å²) < 4.78 is 0.525. The molecule has 3 rings (SSSR count). The van der Waals surface area contributed by atoms with Crippen LogP contribution in [0.4, 0.5) is 0 Å². The van der Waals surface area contributed by atoms with E-state index in [0.717, 1.165) is 38.9 Å². The Hall–Kier alpha value is -1.44. The second kappa shape index (κ2) is 8.97. The molecule has 2 amide bonds. The van der Waals surface area contributed by atoms with Crippen LogP contribution >= 0.6 is 24.0 Å². The van der Waals surface area contributed by atoms with Gasteiger partial charge in [-0.2, -0.15) is 0 Å². The van der Waals surface area contributed by atoms with E-state index in [1.165, 1.54) is 22.2 Å². The molecule has 5 nitrogen and oxygen atoms in total. The van der Waals surface area contributed by atoms with E-state index in [1.807, 2.05) is 11.0 Å². The van der Waals surface area contributed by atoms with E-state index in [2.05, 4.69) is 36.2 Å². The predicted molar refractivity (Wildman–Crippen MR) is 109 cm³/mol. The molecule has 2 saturated heterocycles. The third-order valence-electron chi connectivity index (χ3n) is 5.10. The van der Waals surface area contributed by atoms with Gasteiger partial charge in [0.2, 0.25) is 11.8 Å². The molecule has 0 aromatic heterocycles. The standard InChI is InChI=1S/C19H25N3O2S2/c1-20(11-9-15-6-3-2-4-7-15)16-8-5-10-21(12-16)17(23)13-22-18(24)14-26-19(22)25/h2-4,6-7,16H,5,8-14H2,1H3/t16-/m1/s1. The number of carbonyl (C=O) groups is 2. The molecule has 140 valence electrons. The number of piperidine rings is 1. The molecule has 0 bridgehead atoms. The summed E-state index contributed by atoms with van der Waals surface area (Å²) in [6, 6.07) is 10.8. The quantitative estimate of drug-likeness (QED) is 0.694. The maximum atomic E-state index is 12.6. The number of hydrogen-bond acceptors (Lipinski definition) is 5. The Balaban J connectivity index is 1.50. The van der Waals surface area contributed by atoms with E-state index in [0.29, 0.717) is 16.1 Å². The van der Waals surface area contributed by atoms with Crippen molar-refractivity contribution in [2.45, 2.75) is 25.3 Å². The van der Waals surface area contributed by atoms with E-state index in [1.54, 1.807) is 0 Å². The Morgan fingerprint density at radius 2 is 2.12 bits per heavy atom. The first-order chi connectivity index (χ1) is 12.5. The molecular weight excluding hydrogens is 366 g/mol. The molecule has 7 heteroatoms. The summed E-state index contributed by atoms with van der Waals surface area (Å²) in [5.74, 6) is 0.308. The Kier molecular flexibility index (Phi) is 6.67. The molecule has 0 spiro atoms. The van der Waals surface area contributed by atoms with Gasteiger partial charge in [-0.1, -0.05) is 54.3 Å². The average molecular weight is 392 g/mol. The summed E-state index contributed by atoms with van der Waals surface area (Å²) >= 11 is 6.51. The first-order valence-corrected chi connectivity index (χ1v) is 10.4. The molecule has 0 unspecified atom stereocenters. The molecule has 2 heterocycles. The van der Waals surface area contributed by atoms with Crippen LogP contribution in [0.25, 0.3) is 0 Å². The van der Waals surface area contributed by atoms with Gasteiger partial charge in [0.05, 0.1) is 5.75 Å². The minimum Gasteiger partial charge on any atom is -0.340 e. The van der Waals surface area contributed by atoms with Crippen LogP contribution in [0.3, 0.4) is 0 Å². The first-order valence-electron chi connectivity index (χ1n) is 9.03. The van der Waals surface area contributed by atoms with Gasteiger partial charge in [0, 0.05) is 25.7 Å². The zero-order chi connectivity index (χ0) is 18.5. The highest BCUT2D eigenvalue weighted by atomic mass is 32.2. The number of likely N-dealkylation sites (tertiary alicyclic amines) is 1. The van der Waals surface area contributed by atoms with Crippen molar-refractivity contribution in [3.8, 4) is 0 Å². The van der Waals surface area contributed by atoms with Crippen molar-refractivity contribution in [1.29, 1.82) is 0 Å². The smallest absolute Gasteiger partial charge is 0.242 e. The number of carbonyl (C=O) groups excluding carboxylic acids is 2. The number of benzene rings is 1. The Morgan fingerprint density at radius 1 is 1.35 bits per heavy atom. The Morgan fingerprint density at radius 3 is 2.81 bits per heavy atom. The van der Waals surface area contributed by atoms with Crippen LogP contribution in [0, 0.1) is 0 Å². The number of rotatable bonds is 6. The summed E-state index contributed by atoms with van der Waals surface area (Å²) in [5.41, 5.74) is 1.33. The van der Waals surface area contributed by atoms with E-state index < -0.39 is 0 Å². The van der Waals surface area contributed by atoms with Crippen LogP contribution in [0.5, 0.6) is 0 Å². The van der Waals surface area contributed by atoms with Crippen LogP contribution in [0.1, 0.15) is 18.4 Å². The van der Waals surface area contributed by atoms with Crippen molar-refractivity contribution < 1.29 is 9.59 Å². The molecule has 1 aromatic rings. The van der Waals surface area contributed by atoms with E-state index >= 15 is 0 Å². The first kappa shape index (κ1) is 19.3. The highest BCUT2D eigenvalue weighted by molar-refractivity contribution is 8.23. The third-order valence-corrected chi connectivity index (χ3v) is 6.54. The maximum Gasteiger partial charge on any atom is 0.242 e. The Labute approximate surface area is 164 Å². The van der Waals surface area contributed by atoms with Crippen LogP contribution < -0.4 is 0 Å². The van der Waals surface area contributed by atoms with Crippen molar-refractivity contribution in [2.24, 2.45) is 0 Å². The molecule has 0 radical (unpaired) electrons.